The lowest BCUT2D eigenvalue weighted by molar-refractivity contribution is 0.0223. The van der Waals surface area contributed by atoms with Gasteiger partial charge in [-0.05, 0) is 39.0 Å². The lowest BCUT2D eigenvalue weighted by Gasteiger charge is -2.30. The van der Waals surface area contributed by atoms with Crippen molar-refractivity contribution in [3.63, 3.8) is 0 Å². The minimum Gasteiger partial charge on any atom is -0.507 e. The van der Waals surface area contributed by atoms with E-state index in [2.05, 4.69) is 4.98 Å². The molecule has 1 aromatic carbocycles. The zero-order valence-electron chi connectivity index (χ0n) is 15.9. The largest absolute Gasteiger partial charge is 0.507 e. The van der Waals surface area contributed by atoms with E-state index in [9.17, 15) is 9.90 Å². The smallest absolute Gasteiger partial charge is 0.410 e. The zero-order valence-corrected chi connectivity index (χ0v) is 15.9. The number of nitrogens with zero attached hydrogens (tertiary/aromatic N) is 1. The number of H-pyrrole nitrogens is 1. The number of phenols is 1. The summed E-state index contributed by atoms with van der Waals surface area (Å²) in [4.78, 5) is 17.3. The van der Waals surface area contributed by atoms with Crippen LogP contribution in [0.4, 0.5) is 10.6 Å². The summed E-state index contributed by atoms with van der Waals surface area (Å²) < 4.78 is 5.48. The van der Waals surface area contributed by atoms with Crippen LogP contribution in [0.3, 0.4) is 0 Å². The number of nitrogens with one attached hydrogen (secondary N) is 1. The van der Waals surface area contributed by atoms with Gasteiger partial charge in [0.2, 0.25) is 0 Å². The van der Waals surface area contributed by atoms with Gasteiger partial charge in [-0.3, -0.25) is 0 Å². The quantitative estimate of drug-likeness (QED) is 0.648. The molecule has 2 aromatic rings. The molecule has 0 aliphatic carbocycles. The normalized spacial score (nSPS) is 14.8. The Morgan fingerprint density at radius 2 is 2.04 bits per heavy atom. The number of benzene rings is 1. The van der Waals surface area contributed by atoms with E-state index >= 15 is 0 Å². The van der Waals surface area contributed by atoms with Crippen LogP contribution in [0, 0.1) is 0 Å². The second kappa shape index (κ2) is 6.90. The van der Waals surface area contributed by atoms with E-state index in [4.69, 9.17) is 16.2 Å². The Morgan fingerprint density at radius 1 is 1.33 bits per heavy atom. The highest BCUT2D eigenvalue weighted by Crippen LogP contribution is 2.31. The number of aromatic hydroxyl groups is 1. The molecule has 27 heavy (non-hydrogen) atoms. The third-order valence-corrected chi connectivity index (χ3v) is 4.41. The molecule has 1 amide bonds. The molecule has 2 heterocycles. The van der Waals surface area contributed by atoms with Crippen molar-refractivity contribution in [1.82, 2.24) is 9.88 Å². The molecule has 0 bridgehead atoms. The van der Waals surface area contributed by atoms with Crippen molar-refractivity contribution in [3.8, 4) is 5.75 Å². The number of nitrogens with two attached hydrogens (primary N) is 2. The SMILES string of the molecule is CC(C)(C)OC(=O)N1CCc2[nH]c(N)c(/C=C(\N)c3ccccc3O)c2C1. The summed E-state index contributed by atoms with van der Waals surface area (Å²) >= 11 is 0. The molecule has 0 atom stereocenters. The van der Waals surface area contributed by atoms with Gasteiger partial charge in [0.05, 0.1) is 6.54 Å². The van der Waals surface area contributed by atoms with Crippen molar-refractivity contribution in [2.75, 3.05) is 12.3 Å². The first-order valence-corrected chi connectivity index (χ1v) is 8.88. The summed E-state index contributed by atoms with van der Waals surface area (Å²) in [7, 11) is 0. The number of aromatic nitrogens is 1. The number of hydrogen-bond acceptors (Lipinski definition) is 5. The average Bonchev–Trinajstić information content (AvgIpc) is 2.88. The Hall–Kier alpha value is -3.09. The number of anilines is 1. The van der Waals surface area contributed by atoms with Gasteiger partial charge in [0, 0.05) is 41.0 Å². The molecule has 7 heteroatoms. The fourth-order valence-corrected chi connectivity index (χ4v) is 3.14. The van der Waals surface area contributed by atoms with Gasteiger partial charge in [-0.1, -0.05) is 12.1 Å². The number of carbonyl (C=O) groups is 1. The fourth-order valence-electron chi connectivity index (χ4n) is 3.14. The Morgan fingerprint density at radius 3 is 2.70 bits per heavy atom. The second-order valence-corrected chi connectivity index (χ2v) is 7.68. The molecule has 3 rings (SSSR count). The molecule has 0 fully saturated rings. The molecular formula is C20H26N4O3. The molecule has 1 aliphatic rings. The summed E-state index contributed by atoms with van der Waals surface area (Å²) in [5.41, 5.74) is 15.4. The van der Waals surface area contributed by atoms with Gasteiger partial charge in [-0.25, -0.2) is 4.79 Å². The fraction of sp³-hybridized carbons (Fsp3) is 0.350. The first-order valence-electron chi connectivity index (χ1n) is 8.88. The van der Waals surface area contributed by atoms with Crippen LogP contribution >= 0.6 is 0 Å². The van der Waals surface area contributed by atoms with Crippen molar-refractivity contribution in [1.29, 1.82) is 0 Å². The number of hydrogen-bond donors (Lipinski definition) is 4. The highest BCUT2D eigenvalue weighted by molar-refractivity contribution is 5.86. The van der Waals surface area contributed by atoms with Gasteiger partial charge in [0.15, 0.2) is 0 Å². The first-order chi connectivity index (χ1) is 12.7. The highest BCUT2D eigenvalue weighted by Gasteiger charge is 2.28. The second-order valence-electron chi connectivity index (χ2n) is 7.68. The monoisotopic (exact) mass is 370 g/mol. The van der Waals surface area contributed by atoms with Crippen LogP contribution in [-0.2, 0) is 17.7 Å². The number of para-hydroxylation sites is 1. The van der Waals surface area contributed by atoms with Crippen LogP contribution in [0.25, 0.3) is 11.8 Å². The maximum Gasteiger partial charge on any atom is 0.410 e. The van der Waals surface area contributed by atoms with Gasteiger partial charge in [0.25, 0.3) is 0 Å². The van der Waals surface area contributed by atoms with Crippen LogP contribution in [0.2, 0.25) is 0 Å². The number of phenolic OH excluding ortho intramolecular Hbond substituents is 1. The van der Waals surface area contributed by atoms with Crippen LogP contribution < -0.4 is 11.5 Å². The molecule has 0 saturated carbocycles. The molecule has 6 N–H and O–H groups in total. The predicted octanol–water partition coefficient (Wildman–Crippen LogP) is 3.05. The van der Waals surface area contributed by atoms with Gasteiger partial charge < -0.3 is 31.2 Å². The summed E-state index contributed by atoms with van der Waals surface area (Å²) in [6.45, 7) is 6.47. The molecule has 0 spiro atoms. The van der Waals surface area contributed by atoms with Crippen molar-refractivity contribution in [2.45, 2.75) is 39.3 Å². The van der Waals surface area contributed by atoms with E-state index in [1.165, 1.54) is 0 Å². The van der Waals surface area contributed by atoms with E-state index < -0.39 is 5.60 Å². The van der Waals surface area contributed by atoms with Crippen LogP contribution in [-0.4, -0.2) is 33.2 Å². The Bertz CT molecular complexity index is 893. The molecule has 0 unspecified atom stereocenters. The van der Waals surface area contributed by atoms with Gasteiger partial charge in [-0.2, -0.15) is 0 Å². The van der Waals surface area contributed by atoms with Gasteiger partial charge in [0.1, 0.15) is 17.2 Å². The summed E-state index contributed by atoms with van der Waals surface area (Å²) in [6, 6.07) is 6.85. The predicted molar refractivity (Wildman–Crippen MR) is 106 cm³/mol. The van der Waals surface area contributed by atoms with Gasteiger partial charge in [-0.15, -0.1) is 0 Å². The minimum absolute atomic E-state index is 0.101. The van der Waals surface area contributed by atoms with E-state index in [1.54, 1.807) is 35.2 Å². The number of rotatable bonds is 2. The standard InChI is InChI=1S/C20H26N4O3/c1-20(2,3)27-19(26)24-9-8-16-14(11-24)13(18(22)23-16)10-15(21)12-6-4-5-7-17(12)25/h4-7,10,23,25H,8-9,11,21-22H2,1-3H3/b15-10-. The highest BCUT2D eigenvalue weighted by atomic mass is 16.6. The number of nitrogen functional groups attached to an aromatic ring is 1. The molecule has 1 aliphatic heterocycles. The molecular weight excluding hydrogens is 344 g/mol. The van der Waals surface area contributed by atoms with Crippen molar-refractivity contribution >= 4 is 23.7 Å². The maximum atomic E-state index is 12.4. The number of ether oxygens (including phenoxy) is 1. The maximum absolute atomic E-state index is 12.4. The molecule has 1 aromatic heterocycles. The van der Waals surface area contributed by atoms with Crippen molar-refractivity contribution in [3.05, 3.63) is 46.6 Å². The number of amides is 1. The van der Waals surface area contributed by atoms with Crippen LogP contribution in [0.1, 0.15) is 43.2 Å². The van der Waals surface area contributed by atoms with Crippen LogP contribution in [0.15, 0.2) is 24.3 Å². The Labute approximate surface area is 158 Å². The number of carbonyl (C=O) groups excluding carboxylic acids is 1. The van der Waals surface area contributed by atoms with E-state index in [1.807, 2.05) is 20.8 Å². The minimum atomic E-state index is -0.549. The lowest BCUT2D eigenvalue weighted by atomic mass is 10.0. The third kappa shape index (κ3) is 4.02. The number of fused-ring (bicyclic) bond motifs is 1. The average molecular weight is 370 g/mol. The third-order valence-electron chi connectivity index (χ3n) is 4.41. The van der Waals surface area contributed by atoms with E-state index in [-0.39, 0.29) is 11.8 Å². The molecule has 0 radical (unpaired) electrons. The van der Waals surface area contributed by atoms with E-state index in [0.717, 1.165) is 16.8 Å². The molecule has 0 saturated heterocycles. The summed E-state index contributed by atoms with van der Waals surface area (Å²) in [5, 5.41) is 10.0. The van der Waals surface area contributed by atoms with Crippen LogP contribution in [0.5, 0.6) is 5.75 Å². The van der Waals surface area contributed by atoms with E-state index in [0.29, 0.717) is 36.6 Å². The summed E-state index contributed by atoms with van der Waals surface area (Å²) in [5.74, 6) is 0.592. The summed E-state index contributed by atoms with van der Waals surface area (Å²) in [6.07, 6.45) is 2.04. The lowest BCUT2D eigenvalue weighted by Crippen LogP contribution is -2.39. The number of aromatic amines is 1. The molecule has 144 valence electrons. The van der Waals surface area contributed by atoms with Crippen molar-refractivity contribution in [2.24, 2.45) is 5.73 Å². The van der Waals surface area contributed by atoms with Crippen molar-refractivity contribution < 1.29 is 14.6 Å². The Kier molecular flexibility index (Phi) is 4.78. The van der Waals surface area contributed by atoms with Gasteiger partial charge >= 0.3 is 6.09 Å². The molecule has 7 nitrogen and oxygen atoms in total. The zero-order chi connectivity index (χ0) is 19.8. The first kappa shape index (κ1) is 18.7. The Balaban J connectivity index is 1.90. The topological polar surface area (TPSA) is 118 Å².